The summed E-state index contributed by atoms with van der Waals surface area (Å²) in [4.78, 5) is 7.04. The SMILES string of the molecule is CN=C(NCCNS(=O)(=O)c1ccc(C)cc1)NCC(C)(C)N1CCCCC1.I. The second-order valence-electron chi connectivity index (χ2n) is 7.92. The Labute approximate surface area is 193 Å². The van der Waals surface area contributed by atoms with Gasteiger partial charge >= 0.3 is 0 Å². The van der Waals surface area contributed by atoms with Crippen molar-refractivity contribution in [3.05, 3.63) is 29.8 Å². The molecule has 2 rings (SSSR count). The Morgan fingerprint density at radius 2 is 1.69 bits per heavy atom. The quantitative estimate of drug-likeness (QED) is 0.205. The highest BCUT2D eigenvalue weighted by Gasteiger charge is 2.27. The molecule has 0 unspecified atom stereocenters. The van der Waals surface area contributed by atoms with Gasteiger partial charge in [-0.3, -0.25) is 9.89 Å². The van der Waals surface area contributed by atoms with E-state index in [0.717, 1.165) is 25.2 Å². The molecule has 9 heteroatoms. The molecular formula is C20H36IN5O2S. The lowest BCUT2D eigenvalue weighted by Gasteiger charge is -2.41. The van der Waals surface area contributed by atoms with Crippen LogP contribution in [-0.2, 0) is 10.0 Å². The predicted molar refractivity (Wildman–Crippen MR) is 131 cm³/mol. The van der Waals surface area contributed by atoms with E-state index in [0.29, 0.717) is 12.5 Å². The summed E-state index contributed by atoms with van der Waals surface area (Å²) in [7, 11) is -1.77. The molecule has 0 atom stereocenters. The first-order valence-electron chi connectivity index (χ1n) is 10.0. The number of aliphatic imine (C=N–C) groups is 1. The van der Waals surface area contributed by atoms with Crippen molar-refractivity contribution in [2.75, 3.05) is 39.8 Å². The van der Waals surface area contributed by atoms with Gasteiger partial charge in [0.1, 0.15) is 0 Å². The van der Waals surface area contributed by atoms with E-state index >= 15 is 0 Å². The van der Waals surface area contributed by atoms with Crippen LogP contribution < -0.4 is 15.4 Å². The van der Waals surface area contributed by atoms with Crippen molar-refractivity contribution in [3.63, 3.8) is 0 Å². The summed E-state index contributed by atoms with van der Waals surface area (Å²) < 4.78 is 27.2. The number of likely N-dealkylation sites (tertiary alicyclic amines) is 1. The largest absolute Gasteiger partial charge is 0.355 e. The molecule has 3 N–H and O–H groups in total. The summed E-state index contributed by atoms with van der Waals surface area (Å²) in [5.74, 6) is 0.680. The molecule has 0 saturated carbocycles. The van der Waals surface area contributed by atoms with Crippen LogP contribution in [0, 0.1) is 6.92 Å². The third kappa shape index (κ3) is 8.39. The number of rotatable bonds is 8. The molecule has 0 radical (unpaired) electrons. The first-order chi connectivity index (χ1) is 13.2. The Morgan fingerprint density at radius 3 is 2.28 bits per heavy atom. The summed E-state index contributed by atoms with van der Waals surface area (Å²) in [6, 6.07) is 6.83. The molecule has 1 heterocycles. The molecule has 1 aromatic carbocycles. The number of piperidine rings is 1. The first kappa shape index (κ1) is 26.1. The lowest BCUT2D eigenvalue weighted by molar-refractivity contribution is 0.0982. The van der Waals surface area contributed by atoms with E-state index in [1.165, 1.54) is 19.3 Å². The van der Waals surface area contributed by atoms with Gasteiger partial charge in [-0.25, -0.2) is 13.1 Å². The summed E-state index contributed by atoms with van der Waals surface area (Å²) >= 11 is 0. The van der Waals surface area contributed by atoms with E-state index in [9.17, 15) is 8.42 Å². The average Bonchev–Trinajstić information content (AvgIpc) is 2.68. The lowest BCUT2D eigenvalue weighted by atomic mass is 9.98. The summed E-state index contributed by atoms with van der Waals surface area (Å²) in [6.07, 6.45) is 3.84. The Morgan fingerprint density at radius 1 is 1.07 bits per heavy atom. The Hall–Kier alpha value is -0.910. The van der Waals surface area contributed by atoms with Crippen molar-refractivity contribution in [3.8, 4) is 0 Å². The van der Waals surface area contributed by atoms with Gasteiger partial charge in [-0.1, -0.05) is 24.1 Å². The minimum absolute atomic E-state index is 0. The van der Waals surface area contributed by atoms with Crippen LogP contribution >= 0.6 is 24.0 Å². The van der Waals surface area contributed by atoms with Gasteiger partial charge in [0.2, 0.25) is 10.0 Å². The Kier molecular flexibility index (Phi) is 10.9. The van der Waals surface area contributed by atoms with Gasteiger partial charge in [0.25, 0.3) is 0 Å². The fourth-order valence-electron chi connectivity index (χ4n) is 3.30. The molecule has 1 aliphatic heterocycles. The normalized spacial score (nSPS) is 16.2. The molecule has 1 saturated heterocycles. The molecule has 0 aliphatic carbocycles. The average molecular weight is 538 g/mol. The zero-order valence-electron chi connectivity index (χ0n) is 18.0. The van der Waals surface area contributed by atoms with Crippen LogP contribution in [0.3, 0.4) is 0 Å². The molecule has 1 fully saturated rings. The number of nitrogens with one attached hydrogen (secondary N) is 3. The third-order valence-electron chi connectivity index (χ3n) is 5.16. The Balaban J connectivity index is 0.00000420. The van der Waals surface area contributed by atoms with E-state index in [4.69, 9.17) is 0 Å². The van der Waals surface area contributed by atoms with Gasteiger partial charge in [-0.05, 0) is 58.8 Å². The van der Waals surface area contributed by atoms with Crippen molar-refractivity contribution in [2.24, 2.45) is 4.99 Å². The zero-order chi connectivity index (χ0) is 20.6. The monoisotopic (exact) mass is 537 g/mol. The van der Waals surface area contributed by atoms with Gasteiger partial charge in [0, 0.05) is 32.2 Å². The van der Waals surface area contributed by atoms with Gasteiger partial charge in [0.15, 0.2) is 5.96 Å². The van der Waals surface area contributed by atoms with Crippen LogP contribution in [0.4, 0.5) is 0 Å². The molecule has 1 aliphatic rings. The van der Waals surface area contributed by atoms with Gasteiger partial charge in [0.05, 0.1) is 4.90 Å². The summed E-state index contributed by atoms with van der Waals surface area (Å²) in [5, 5.41) is 6.53. The fraction of sp³-hybridized carbons (Fsp3) is 0.650. The molecule has 166 valence electrons. The smallest absolute Gasteiger partial charge is 0.240 e. The second kappa shape index (κ2) is 12.1. The standard InChI is InChI=1S/C20H35N5O2S.HI/c1-17-8-10-18(11-9-17)28(26,27)24-13-12-22-19(21-4)23-16-20(2,3)25-14-6-5-7-15-25;/h8-11,24H,5-7,12-16H2,1-4H3,(H2,21,22,23);1H. The van der Waals surface area contributed by atoms with Crippen LogP contribution in [0.2, 0.25) is 0 Å². The minimum atomic E-state index is -3.49. The molecule has 29 heavy (non-hydrogen) atoms. The van der Waals surface area contributed by atoms with E-state index < -0.39 is 10.0 Å². The maximum atomic E-state index is 12.3. The number of benzene rings is 1. The first-order valence-corrected chi connectivity index (χ1v) is 11.5. The highest BCUT2D eigenvalue weighted by molar-refractivity contribution is 14.0. The maximum absolute atomic E-state index is 12.3. The van der Waals surface area contributed by atoms with Gasteiger partial charge in [-0.2, -0.15) is 0 Å². The highest BCUT2D eigenvalue weighted by atomic mass is 127. The van der Waals surface area contributed by atoms with E-state index in [1.807, 2.05) is 6.92 Å². The van der Waals surface area contributed by atoms with Crippen molar-refractivity contribution in [1.29, 1.82) is 0 Å². The van der Waals surface area contributed by atoms with E-state index in [1.54, 1.807) is 31.3 Å². The molecule has 7 nitrogen and oxygen atoms in total. The van der Waals surface area contributed by atoms with Crippen molar-refractivity contribution in [1.82, 2.24) is 20.3 Å². The molecule has 0 amide bonds. The van der Waals surface area contributed by atoms with Crippen LogP contribution in [0.5, 0.6) is 0 Å². The zero-order valence-corrected chi connectivity index (χ0v) is 21.1. The summed E-state index contributed by atoms with van der Waals surface area (Å²) in [5.41, 5.74) is 1.08. The number of guanidine groups is 1. The molecular weight excluding hydrogens is 501 g/mol. The molecule has 0 spiro atoms. The molecule has 0 aromatic heterocycles. The number of sulfonamides is 1. The van der Waals surface area contributed by atoms with Crippen molar-refractivity contribution >= 4 is 40.0 Å². The number of halogens is 1. The highest BCUT2D eigenvalue weighted by Crippen LogP contribution is 2.19. The predicted octanol–water partition coefficient (Wildman–Crippen LogP) is 2.32. The molecule has 1 aromatic rings. The van der Waals surface area contributed by atoms with Gasteiger partial charge in [-0.15, -0.1) is 24.0 Å². The van der Waals surface area contributed by atoms with Crippen molar-refractivity contribution < 1.29 is 8.42 Å². The maximum Gasteiger partial charge on any atom is 0.240 e. The molecule has 0 bridgehead atoms. The Bertz CT molecular complexity index is 745. The lowest BCUT2D eigenvalue weighted by Crippen LogP contribution is -2.55. The van der Waals surface area contributed by atoms with E-state index in [-0.39, 0.29) is 41.0 Å². The van der Waals surface area contributed by atoms with Crippen LogP contribution in [0.25, 0.3) is 0 Å². The van der Waals surface area contributed by atoms with E-state index in [2.05, 4.69) is 39.1 Å². The van der Waals surface area contributed by atoms with Crippen LogP contribution in [0.15, 0.2) is 34.2 Å². The van der Waals surface area contributed by atoms with Crippen LogP contribution in [0.1, 0.15) is 38.7 Å². The summed E-state index contributed by atoms with van der Waals surface area (Å²) in [6.45, 7) is 10.2. The topological polar surface area (TPSA) is 85.8 Å². The number of nitrogens with zero attached hydrogens (tertiary/aromatic N) is 2. The number of aryl methyl sites for hydroxylation is 1. The van der Waals surface area contributed by atoms with Gasteiger partial charge < -0.3 is 10.6 Å². The minimum Gasteiger partial charge on any atom is -0.355 e. The second-order valence-corrected chi connectivity index (χ2v) is 9.69. The fourth-order valence-corrected chi connectivity index (χ4v) is 4.33. The number of hydrogen-bond donors (Lipinski definition) is 3. The third-order valence-corrected chi connectivity index (χ3v) is 6.64. The number of hydrogen-bond acceptors (Lipinski definition) is 4. The van der Waals surface area contributed by atoms with Crippen molar-refractivity contribution in [2.45, 2.75) is 50.5 Å². The van der Waals surface area contributed by atoms with Crippen LogP contribution in [-0.4, -0.2) is 64.6 Å².